The fraction of sp³-hybridized carbons (Fsp3) is 0.647. The number of aromatic nitrogens is 1. The van der Waals surface area contributed by atoms with Gasteiger partial charge in [0, 0.05) is 57.8 Å². The lowest BCUT2D eigenvalue weighted by atomic mass is 9.92. The largest absolute Gasteiger partial charge is 0.370 e. The van der Waals surface area contributed by atoms with Crippen LogP contribution in [0.1, 0.15) is 32.1 Å². The quantitative estimate of drug-likeness (QED) is 0.829. The molecular weight excluding hydrogens is 336 g/mol. The SMILES string of the molecule is O=C(CC1CCN(c2ccncc2Cl)CC1)N1CCC(F)(F)CC1. The summed E-state index contributed by atoms with van der Waals surface area (Å²) in [6, 6.07) is 1.90. The molecule has 0 N–H and O–H groups in total. The monoisotopic (exact) mass is 357 g/mol. The molecule has 0 unspecified atom stereocenters. The van der Waals surface area contributed by atoms with Gasteiger partial charge >= 0.3 is 0 Å². The zero-order valence-corrected chi connectivity index (χ0v) is 14.3. The van der Waals surface area contributed by atoms with E-state index < -0.39 is 5.92 Å². The summed E-state index contributed by atoms with van der Waals surface area (Å²) in [4.78, 5) is 20.1. The molecule has 3 rings (SSSR count). The summed E-state index contributed by atoms with van der Waals surface area (Å²) in [5.41, 5.74) is 0.981. The van der Waals surface area contributed by atoms with Crippen molar-refractivity contribution in [2.75, 3.05) is 31.1 Å². The summed E-state index contributed by atoms with van der Waals surface area (Å²) in [7, 11) is 0. The summed E-state index contributed by atoms with van der Waals surface area (Å²) in [5, 5.41) is 0.640. The van der Waals surface area contributed by atoms with Crippen molar-refractivity contribution in [1.82, 2.24) is 9.88 Å². The molecule has 1 amide bonds. The molecule has 0 aliphatic carbocycles. The molecule has 2 fully saturated rings. The Morgan fingerprint density at radius 3 is 2.54 bits per heavy atom. The van der Waals surface area contributed by atoms with Gasteiger partial charge in [0.15, 0.2) is 0 Å². The minimum Gasteiger partial charge on any atom is -0.370 e. The number of amides is 1. The number of nitrogens with zero attached hydrogens (tertiary/aromatic N) is 3. The van der Waals surface area contributed by atoms with Crippen LogP contribution in [0.15, 0.2) is 18.5 Å². The summed E-state index contributed by atoms with van der Waals surface area (Å²) < 4.78 is 26.4. The van der Waals surface area contributed by atoms with Gasteiger partial charge in [0.25, 0.3) is 5.92 Å². The van der Waals surface area contributed by atoms with Crippen molar-refractivity contribution in [3.8, 4) is 0 Å². The standard InChI is InChI=1S/C17H22ClF2N3O/c18-14-12-21-6-1-15(14)22-7-2-13(3-8-22)11-16(24)23-9-4-17(19,20)5-10-23/h1,6,12-13H,2-5,7-11H2. The van der Waals surface area contributed by atoms with E-state index in [4.69, 9.17) is 11.6 Å². The molecule has 2 aliphatic rings. The highest BCUT2D eigenvalue weighted by molar-refractivity contribution is 6.33. The first-order valence-electron chi connectivity index (χ1n) is 8.45. The molecular formula is C17H22ClF2N3O. The summed E-state index contributed by atoms with van der Waals surface area (Å²) in [5.74, 6) is -2.27. The van der Waals surface area contributed by atoms with Crippen LogP contribution >= 0.6 is 11.6 Å². The normalized spacial score (nSPS) is 21.8. The molecule has 0 radical (unpaired) electrons. The topological polar surface area (TPSA) is 36.4 Å². The fourth-order valence-corrected chi connectivity index (χ4v) is 3.70. The van der Waals surface area contributed by atoms with Gasteiger partial charge in [-0.1, -0.05) is 11.6 Å². The Hall–Kier alpha value is -1.43. The molecule has 1 aromatic rings. The van der Waals surface area contributed by atoms with Crippen molar-refractivity contribution in [1.29, 1.82) is 0 Å². The Morgan fingerprint density at radius 1 is 1.25 bits per heavy atom. The lowest BCUT2D eigenvalue weighted by molar-refractivity contribution is -0.138. The number of carbonyl (C=O) groups is 1. The van der Waals surface area contributed by atoms with E-state index in [0.29, 0.717) is 17.4 Å². The number of hydrogen-bond acceptors (Lipinski definition) is 3. The lowest BCUT2D eigenvalue weighted by Crippen LogP contribution is -2.44. The number of hydrogen-bond donors (Lipinski definition) is 0. The van der Waals surface area contributed by atoms with Crippen LogP contribution in [-0.4, -0.2) is 47.9 Å². The Bertz CT molecular complexity index is 581. The molecule has 0 bridgehead atoms. The summed E-state index contributed by atoms with van der Waals surface area (Å²) in [6.07, 6.45) is 5.23. The average Bonchev–Trinajstić information content (AvgIpc) is 2.56. The average molecular weight is 358 g/mol. The van der Waals surface area contributed by atoms with Crippen LogP contribution in [0.2, 0.25) is 5.02 Å². The van der Waals surface area contributed by atoms with E-state index in [-0.39, 0.29) is 31.8 Å². The molecule has 0 saturated carbocycles. The third-order valence-corrected chi connectivity index (χ3v) is 5.31. The number of halogens is 3. The zero-order chi connectivity index (χ0) is 17.2. The first-order chi connectivity index (χ1) is 11.4. The minimum absolute atomic E-state index is 0.0193. The molecule has 2 aliphatic heterocycles. The Kier molecular flexibility index (Phi) is 5.23. The number of likely N-dealkylation sites (tertiary alicyclic amines) is 1. The van der Waals surface area contributed by atoms with Gasteiger partial charge in [0.1, 0.15) is 0 Å². The van der Waals surface area contributed by atoms with Crippen LogP contribution in [0.25, 0.3) is 0 Å². The smallest absolute Gasteiger partial charge is 0.251 e. The van der Waals surface area contributed by atoms with Gasteiger partial charge in [0.05, 0.1) is 10.7 Å². The van der Waals surface area contributed by atoms with Crippen molar-refractivity contribution >= 4 is 23.2 Å². The fourth-order valence-electron chi connectivity index (χ4n) is 3.46. The van der Waals surface area contributed by atoms with Gasteiger partial charge in [-0.05, 0) is 24.8 Å². The second-order valence-electron chi connectivity index (χ2n) is 6.70. The maximum absolute atomic E-state index is 13.2. The highest BCUT2D eigenvalue weighted by atomic mass is 35.5. The number of carbonyl (C=O) groups excluding carboxylic acids is 1. The molecule has 0 atom stereocenters. The van der Waals surface area contributed by atoms with Gasteiger partial charge < -0.3 is 9.80 Å². The first kappa shape index (κ1) is 17.4. The van der Waals surface area contributed by atoms with Gasteiger partial charge in [0.2, 0.25) is 5.91 Å². The van der Waals surface area contributed by atoms with Crippen LogP contribution in [0, 0.1) is 5.92 Å². The van der Waals surface area contributed by atoms with E-state index >= 15 is 0 Å². The van der Waals surface area contributed by atoms with Crippen LogP contribution in [-0.2, 0) is 4.79 Å². The van der Waals surface area contributed by atoms with Crippen molar-refractivity contribution < 1.29 is 13.6 Å². The van der Waals surface area contributed by atoms with Crippen LogP contribution in [0.5, 0.6) is 0 Å². The molecule has 4 nitrogen and oxygen atoms in total. The van der Waals surface area contributed by atoms with Crippen molar-refractivity contribution in [3.05, 3.63) is 23.5 Å². The highest BCUT2D eigenvalue weighted by Crippen LogP contribution is 2.31. The van der Waals surface area contributed by atoms with Crippen LogP contribution < -0.4 is 4.90 Å². The number of piperidine rings is 2. The minimum atomic E-state index is -2.61. The maximum atomic E-state index is 13.2. The molecule has 0 spiro atoms. The second kappa shape index (κ2) is 7.21. The van der Waals surface area contributed by atoms with Crippen LogP contribution in [0.4, 0.5) is 14.5 Å². The summed E-state index contributed by atoms with van der Waals surface area (Å²) in [6.45, 7) is 2.05. The third kappa shape index (κ3) is 4.15. The van der Waals surface area contributed by atoms with Crippen LogP contribution in [0.3, 0.4) is 0 Å². The highest BCUT2D eigenvalue weighted by Gasteiger charge is 2.36. The second-order valence-corrected chi connectivity index (χ2v) is 7.11. The number of anilines is 1. The molecule has 3 heterocycles. The Labute approximate surface area is 145 Å². The van der Waals surface area contributed by atoms with Gasteiger partial charge in [-0.25, -0.2) is 8.78 Å². The van der Waals surface area contributed by atoms with E-state index in [2.05, 4.69) is 9.88 Å². The van der Waals surface area contributed by atoms with E-state index in [1.165, 1.54) is 0 Å². The maximum Gasteiger partial charge on any atom is 0.251 e. The van der Waals surface area contributed by atoms with E-state index in [1.54, 1.807) is 17.3 Å². The molecule has 24 heavy (non-hydrogen) atoms. The predicted molar refractivity (Wildman–Crippen MR) is 89.6 cm³/mol. The number of alkyl halides is 2. The van der Waals surface area contributed by atoms with Gasteiger partial charge in [-0.3, -0.25) is 9.78 Å². The first-order valence-corrected chi connectivity index (χ1v) is 8.82. The van der Waals surface area contributed by atoms with E-state index in [9.17, 15) is 13.6 Å². The van der Waals surface area contributed by atoms with Crippen molar-refractivity contribution in [2.45, 2.75) is 38.0 Å². The third-order valence-electron chi connectivity index (χ3n) is 5.02. The lowest BCUT2D eigenvalue weighted by Gasteiger charge is -2.36. The van der Waals surface area contributed by atoms with Crippen molar-refractivity contribution in [2.24, 2.45) is 5.92 Å². The molecule has 0 aromatic carbocycles. The van der Waals surface area contributed by atoms with E-state index in [0.717, 1.165) is 31.6 Å². The molecule has 7 heteroatoms. The molecule has 2 saturated heterocycles. The van der Waals surface area contributed by atoms with Gasteiger partial charge in [-0.15, -0.1) is 0 Å². The molecule has 132 valence electrons. The number of pyridine rings is 1. The number of rotatable bonds is 3. The zero-order valence-electron chi connectivity index (χ0n) is 13.6. The Morgan fingerprint density at radius 2 is 1.92 bits per heavy atom. The summed E-state index contributed by atoms with van der Waals surface area (Å²) >= 11 is 6.18. The Balaban J connectivity index is 1.47. The van der Waals surface area contributed by atoms with Crippen molar-refractivity contribution in [3.63, 3.8) is 0 Å². The molecule has 1 aromatic heterocycles. The van der Waals surface area contributed by atoms with Gasteiger partial charge in [-0.2, -0.15) is 0 Å². The predicted octanol–water partition coefficient (Wildman–Crippen LogP) is 3.60. The van der Waals surface area contributed by atoms with E-state index in [1.807, 2.05) is 6.07 Å².